The first-order valence-corrected chi connectivity index (χ1v) is 13.2. The smallest absolute Gasteiger partial charge is 0.243 e. The van der Waals surface area contributed by atoms with Gasteiger partial charge >= 0.3 is 0 Å². The zero-order chi connectivity index (χ0) is 23.8. The van der Waals surface area contributed by atoms with E-state index in [9.17, 15) is 13.2 Å². The number of piperidine rings is 1. The van der Waals surface area contributed by atoms with Crippen molar-refractivity contribution in [3.8, 4) is 5.88 Å². The van der Waals surface area contributed by atoms with Crippen LogP contribution in [0.5, 0.6) is 5.88 Å². The quantitative estimate of drug-likeness (QED) is 0.525. The van der Waals surface area contributed by atoms with E-state index in [1.54, 1.807) is 18.3 Å². The number of nitrogens with zero attached hydrogens (tertiary/aromatic N) is 2. The van der Waals surface area contributed by atoms with Crippen LogP contribution in [0, 0.1) is 5.92 Å². The Bertz CT molecular complexity index is 1010. The fraction of sp³-hybridized carbons (Fsp3) is 0.520. The average molecular weight is 474 g/mol. The molecule has 0 saturated carbocycles. The highest BCUT2D eigenvalue weighted by atomic mass is 32.2. The number of aromatic nitrogens is 1. The maximum absolute atomic E-state index is 13.0. The van der Waals surface area contributed by atoms with Crippen molar-refractivity contribution in [1.29, 1.82) is 0 Å². The summed E-state index contributed by atoms with van der Waals surface area (Å²) in [6.45, 7) is 7.87. The van der Waals surface area contributed by atoms with Gasteiger partial charge in [-0.1, -0.05) is 45.4 Å². The van der Waals surface area contributed by atoms with Crippen LogP contribution in [0.3, 0.4) is 0 Å². The lowest BCUT2D eigenvalue weighted by Crippen LogP contribution is -2.42. The fourth-order valence-corrected chi connectivity index (χ4v) is 5.33. The predicted octanol–water partition coefficient (Wildman–Crippen LogP) is 4.10. The molecule has 1 N–H and O–H groups in total. The number of carbonyl (C=O) groups excluding carboxylic acids is 1. The Balaban J connectivity index is 1.53. The molecule has 8 heteroatoms. The van der Waals surface area contributed by atoms with Gasteiger partial charge in [0.1, 0.15) is 0 Å². The maximum Gasteiger partial charge on any atom is 0.243 e. The molecule has 1 aromatic heterocycles. The Morgan fingerprint density at radius 3 is 2.52 bits per heavy atom. The first kappa shape index (κ1) is 25.2. The Hall–Kier alpha value is -2.45. The third kappa shape index (κ3) is 6.54. The number of amides is 1. The van der Waals surface area contributed by atoms with E-state index in [1.165, 1.54) is 4.31 Å². The summed E-state index contributed by atoms with van der Waals surface area (Å²) >= 11 is 0. The van der Waals surface area contributed by atoms with Crippen LogP contribution in [0.25, 0.3) is 0 Å². The molecule has 0 aliphatic carbocycles. The van der Waals surface area contributed by atoms with E-state index in [-0.39, 0.29) is 11.8 Å². The monoisotopic (exact) mass is 473 g/mol. The van der Waals surface area contributed by atoms with Gasteiger partial charge in [0.05, 0.1) is 11.5 Å². The van der Waals surface area contributed by atoms with E-state index >= 15 is 0 Å². The Kier molecular flexibility index (Phi) is 8.86. The molecule has 0 bridgehead atoms. The van der Waals surface area contributed by atoms with Crippen molar-refractivity contribution in [2.75, 3.05) is 19.7 Å². The van der Waals surface area contributed by atoms with Gasteiger partial charge in [0.2, 0.25) is 21.8 Å². The molecule has 33 heavy (non-hydrogen) atoms. The van der Waals surface area contributed by atoms with Crippen LogP contribution in [0.4, 0.5) is 0 Å². The molecule has 2 heterocycles. The number of unbranched alkanes of at least 4 members (excludes halogenated alkanes) is 1. The Labute approximate surface area is 197 Å². The van der Waals surface area contributed by atoms with Crippen molar-refractivity contribution in [3.05, 3.63) is 53.7 Å². The van der Waals surface area contributed by atoms with Crippen LogP contribution in [-0.4, -0.2) is 43.3 Å². The number of nitrogens with one attached hydrogen (secondary N) is 1. The summed E-state index contributed by atoms with van der Waals surface area (Å²) in [6.07, 6.45) is 4.67. The first-order valence-electron chi connectivity index (χ1n) is 11.8. The molecule has 1 aromatic carbocycles. The summed E-state index contributed by atoms with van der Waals surface area (Å²) in [7, 11) is -3.55. The number of sulfonamides is 1. The molecule has 1 saturated heterocycles. The maximum atomic E-state index is 13.0. The van der Waals surface area contributed by atoms with Crippen molar-refractivity contribution in [2.24, 2.45) is 5.92 Å². The summed E-state index contributed by atoms with van der Waals surface area (Å²) in [6, 6.07) is 10.8. The molecule has 1 aliphatic rings. The largest absolute Gasteiger partial charge is 0.477 e. The van der Waals surface area contributed by atoms with Gasteiger partial charge in [0.15, 0.2) is 0 Å². The van der Waals surface area contributed by atoms with Crippen molar-refractivity contribution >= 4 is 15.9 Å². The molecule has 2 aromatic rings. The van der Waals surface area contributed by atoms with E-state index in [0.29, 0.717) is 55.8 Å². The number of pyridine rings is 1. The topological polar surface area (TPSA) is 88.6 Å². The van der Waals surface area contributed by atoms with Crippen molar-refractivity contribution in [2.45, 2.75) is 63.8 Å². The summed E-state index contributed by atoms with van der Waals surface area (Å²) in [5.74, 6) is 0.634. The predicted molar refractivity (Wildman–Crippen MR) is 129 cm³/mol. The molecule has 1 fully saturated rings. The second kappa shape index (κ2) is 11.6. The van der Waals surface area contributed by atoms with Crippen LogP contribution in [0.1, 0.15) is 63.5 Å². The number of ether oxygens (including phenoxy) is 1. The number of carbonyl (C=O) groups is 1. The number of rotatable bonds is 10. The number of benzene rings is 1. The van der Waals surface area contributed by atoms with E-state index in [1.807, 2.05) is 24.3 Å². The molecule has 0 unspecified atom stereocenters. The van der Waals surface area contributed by atoms with Gasteiger partial charge in [-0.05, 0) is 48.9 Å². The Morgan fingerprint density at radius 1 is 1.18 bits per heavy atom. The molecule has 0 radical (unpaired) electrons. The van der Waals surface area contributed by atoms with Crippen molar-refractivity contribution < 1.29 is 17.9 Å². The summed E-state index contributed by atoms with van der Waals surface area (Å²) in [5.41, 5.74) is 1.95. The van der Waals surface area contributed by atoms with Gasteiger partial charge in [-0.2, -0.15) is 4.31 Å². The van der Waals surface area contributed by atoms with Crippen molar-refractivity contribution in [3.63, 3.8) is 0 Å². The van der Waals surface area contributed by atoms with Crippen LogP contribution >= 0.6 is 0 Å². The molecule has 1 amide bonds. The van der Waals surface area contributed by atoms with E-state index < -0.39 is 10.0 Å². The zero-order valence-electron chi connectivity index (χ0n) is 19.8. The van der Waals surface area contributed by atoms with E-state index in [4.69, 9.17) is 4.74 Å². The number of hydrogen-bond donors (Lipinski definition) is 1. The van der Waals surface area contributed by atoms with E-state index in [2.05, 4.69) is 31.1 Å². The molecule has 0 spiro atoms. The molecule has 180 valence electrons. The third-order valence-electron chi connectivity index (χ3n) is 6.05. The Morgan fingerprint density at radius 2 is 1.88 bits per heavy atom. The highest BCUT2D eigenvalue weighted by molar-refractivity contribution is 7.89. The van der Waals surface area contributed by atoms with Gasteiger partial charge in [0, 0.05) is 37.3 Å². The van der Waals surface area contributed by atoms with Gasteiger partial charge < -0.3 is 10.1 Å². The van der Waals surface area contributed by atoms with Crippen LogP contribution in [0.15, 0.2) is 47.5 Å². The second-order valence-electron chi connectivity index (χ2n) is 8.79. The lowest BCUT2D eigenvalue weighted by molar-refractivity contribution is -0.126. The standard InChI is InChI=1S/C25H35N3O4S/c1-4-5-17-32-25-22(7-6-14-26-25)18-27-24(29)21-12-15-28(16-13-21)33(30,31)23-10-8-20(9-11-23)19(2)3/h6-11,14,19,21H,4-5,12-13,15-18H2,1-3H3,(H,27,29). The van der Waals surface area contributed by atoms with Gasteiger partial charge in [-0.15, -0.1) is 0 Å². The first-order chi connectivity index (χ1) is 15.8. The summed E-state index contributed by atoms with van der Waals surface area (Å²) in [5, 5.41) is 2.97. The molecule has 3 rings (SSSR count). The fourth-order valence-electron chi connectivity index (χ4n) is 3.86. The summed E-state index contributed by atoms with van der Waals surface area (Å²) < 4.78 is 33.2. The molecule has 0 atom stereocenters. The normalized spacial score (nSPS) is 15.5. The number of hydrogen-bond acceptors (Lipinski definition) is 5. The minimum absolute atomic E-state index is 0.0586. The van der Waals surface area contributed by atoms with Gasteiger partial charge in [-0.3, -0.25) is 4.79 Å². The molecular weight excluding hydrogens is 438 g/mol. The van der Waals surface area contributed by atoms with Gasteiger partial charge in [0.25, 0.3) is 0 Å². The van der Waals surface area contributed by atoms with E-state index in [0.717, 1.165) is 24.0 Å². The average Bonchev–Trinajstić information content (AvgIpc) is 2.83. The SMILES string of the molecule is CCCCOc1ncccc1CNC(=O)C1CCN(S(=O)(=O)c2ccc(C(C)C)cc2)CC1. The zero-order valence-corrected chi connectivity index (χ0v) is 20.6. The lowest BCUT2D eigenvalue weighted by Gasteiger charge is -2.30. The lowest BCUT2D eigenvalue weighted by atomic mass is 9.97. The molecule has 7 nitrogen and oxygen atoms in total. The second-order valence-corrected chi connectivity index (χ2v) is 10.7. The third-order valence-corrected chi connectivity index (χ3v) is 7.96. The minimum Gasteiger partial charge on any atom is -0.477 e. The highest BCUT2D eigenvalue weighted by Crippen LogP contribution is 2.25. The van der Waals surface area contributed by atoms with Crippen LogP contribution < -0.4 is 10.1 Å². The van der Waals surface area contributed by atoms with Gasteiger partial charge in [-0.25, -0.2) is 13.4 Å². The van der Waals surface area contributed by atoms with Crippen molar-refractivity contribution in [1.82, 2.24) is 14.6 Å². The highest BCUT2D eigenvalue weighted by Gasteiger charge is 2.32. The summed E-state index contributed by atoms with van der Waals surface area (Å²) in [4.78, 5) is 17.3. The molecule has 1 aliphatic heterocycles. The van der Waals surface area contributed by atoms with Crippen LogP contribution in [-0.2, 0) is 21.4 Å². The molecular formula is C25H35N3O4S. The minimum atomic E-state index is -3.55. The van der Waals surface area contributed by atoms with Crippen LogP contribution in [0.2, 0.25) is 0 Å².